The van der Waals surface area contributed by atoms with Gasteiger partial charge in [0.15, 0.2) is 16.6 Å². The Morgan fingerprint density at radius 1 is 1.30 bits per heavy atom. The van der Waals surface area contributed by atoms with E-state index in [2.05, 4.69) is 17.2 Å². The van der Waals surface area contributed by atoms with Crippen LogP contribution in [0.5, 0.6) is 11.5 Å². The molecule has 0 aliphatic carbocycles. The largest absolute Gasteiger partial charge is 0.454 e. The van der Waals surface area contributed by atoms with Gasteiger partial charge in [-0.15, -0.1) is 0 Å². The van der Waals surface area contributed by atoms with Crippen molar-refractivity contribution in [3.05, 3.63) is 34.8 Å². The SMILES string of the molecule is CCNc1ncc(COCc2ccc3c(c2)OCO3)s1. The summed E-state index contributed by atoms with van der Waals surface area (Å²) in [6, 6.07) is 5.86. The summed E-state index contributed by atoms with van der Waals surface area (Å²) < 4.78 is 16.3. The molecule has 1 aromatic heterocycles. The molecule has 5 nitrogen and oxygen atoms in total. The first-order chi connectivity index (χ1) is 9.85. The number of benzene rings is 1. The van der Waals surface area contributed by atoms with E-state index in [-0.39, 0.29) is 0 Å². The molecule has 0 bridgehead atoms. The maximum absolute atomic E-state index is 5.70. The molecule has 0 radical (unpaired) electrons. The molecule has 2 heterocycles. The summed E-state index contributed by atoms with van der Waals surface area (Å²) in [7, 11) is 0. The fourth-order valence-corrected chi connectivity index (χ4v) is 2.73. The van der Waals surface area contributed by atoms with Crippen molar-refractivity contribution in [3.63, 3.8) is 0 Å². The molecule has 1 N–H and O–H groups in total. The van der Waals surface area contributed by atoms with E-state index in [4.69, 9.17) is 14.2 Å². The normalized spacial score (nSPS) is 12.7. The van der Waals surface area contributed by atoms with Crippen molar-refractivity contribution in [2.24, 2.45) is 0 Å². The van der Waals surface area contributed by atoms with Crippen molar-refractivity contribution in [2.45, 2.75) is 20.1 Å². The first kappa shape index (κ1) is 13.2. The molecule has 106 valence electrons. The summed E-state index contributed by atoms with van der Waals surface area (Å²) in [6.45, 7) is 4.35. The van der Waals surface area contributed by atoms with Gasteiger partial charge in [-0.25, -0.2) is 4.98 Å². The number of nitrogens with zero attached hydrogens (tertiary/aromatic N) is 1. The van der Waals surface area contributed by atoms with Crippen LogP contribution >= 0.6 is 11.3 Å². The zero-order valence-electron chi connectivity index (χ0n) is 11.2. The molecule has 2 aromatic rings. The minimum Gasteiger partial charge on any atom is -0.454 e. The highest BCUT2D eigenvalue weighted by atomic mass is 32.1. The number of aromatic nitrogens is 1. The van der Waals surface area contributed by atoms with E-state index in [1.807, 2.05) is 24.4 Å². The van der Waals surface area contributed by atoms with Gasteiger partial charge in [-0.3, -0.25) is 0 Å². The second-order valence-electron chi connectivity index (χ2n) is 4.34. The standard InChI is InChI=1S/C14H16N2O3S/c1-2-15-14-16-6-11(20-14)8-17-7-10-3-4-12-13(5-10)19-9-18-12/h3-6H,2,7-9H2,1H3,(H,15,16). The molecule has 1 aliphatic heterocycles. The lowest BCUT2D eigenvalue weighted by Crippen LogP contribution is -1.94. The fraction of sp³-hybridized carbons (Fsp3) is 0.357. The average molecular weight is 292 g/mol. The lowest BCUT2D eigenvalue weighted by molar-refractivity contribution is 0.109. The molecule has 0 atom stereocenters. The molecule has 0 fully saturated rings. The van der Waals surface area contributed by atoms with Gasteiger partial charge >= 0.3 is 0 Å². The lowest BCUT2D eigenvalue weighted by atomic mass is 10.2. The number of hydrogen-bond acceptors (Lipinski definition) is 6. The van der Waals surface area contributed by atoms with Gasteiger partial charge in [0.25, 0.3) is 0 Å². The summed E-state index contributed by atoms with van der Waals surface area (Å²) in [5.74, 6) is 1.59. The Kier molecular flexibility index (Phi) is 4.03. The lowest BCUT2D eigenvalue weighted by Gasteiger charge is -2.04. The van der Waals surface area contributed by atoms with Crippen molar-refractivity contribution in [2.75, 3.05) is 18.7 Å². The van der Waals surface area contributed by atoms with Crippen LogP contribution in [0.15, 0.2) is 24.4 Å². The van der Waals surface area contributed by atoms with E-state index >= 15 is 0 Å². The topological polar surface area (TPSA) is 52.6 Å². The van der Waals surface area contributed by atoms with E-state index in [9.17, 15) is 0 Å². The van der Waals surface area contributed by atoms with Crippen LogP contribution in [0.4, 0.5) is 5.13 Å². The molecular weight excluding hydrogens is 276 g/mol. The molecule has 0 unspecified atom stereocenters. The van der Waals surface area contributed by atoms with Crippen LogP contribution < -0.4 is 14.8 Å². The van der Waals surface area contributed by atoms with E-state index < -0.39 is 0 Å². The Balaban J connectivity index is 1.51. The molecular formula is C14H16N2O3S. The maximum atomic E-state index is 5.70. The van der Waals surface area contributed by atoms with Gasteiger partial charge in [0.2, 0.25) is 6.79 Å². The van der Waals surface area contributed by atoms with Gasteiger partial charge in [-0.05, 0) is 24.6 Å². The maximum Gasteiger partial charge on any atom is 0.231 e. The molecule has 0 saturated heterocycles. The van der Waals surface area contributed by atoms with E-state index in [1.165, 1.54) is 0 Å². The Morgan fingerprint density at radius 3 is 3.10 bits per heavy atom. The van der Waals surface area contributed by atoms with Gasteiger partial charge in [-0.2, -0.15) is 0 Å². The minimum atomic E-state index is 0.299. The molecule has 20 heavy (non-hydrogen) atoms. The zero-order valence-corrected chi connectivity index (χ0v) is 12.0. The van der Waals surface area contributed by atoms with Crippen LogP contribution in [-0.2, 0) is 18.0 Å². The van der Waals surface area contributed by atoms with Gasteiger partial charge in [-0.1, -0.05) is 17.4 Å². The Hall–Kier alpha value is -1.79. The number of thiazole rings is 1. The van der Waals surface area contributed by atoms with Crippen molar-refractivity contribution >= 4 is 16.5 Å². The highest BCUT2D eigenvalue weighted by Crippen LogP contribution is 2.32. The highest BCUT2D eigenvalue weighted by Gasteiger charge is 2.13. The van der Waals surface area contributed by atoms with Gasteiger partial charge in [0, 0.05) is 12.7 Å². The second kappa shape index (κ2) is 6.11. The molecule has 3 rings (SSSR count). The second-order valence-corrected chi connectivity index (χ2v) is 5.46. The summed E-state index contributed by atoms with van der Waals surface area (Å²) >= 11 is 1.62. The van der Waals surface area contributed by atoms with Crippen LogP contribution in [0, 0.1) is 0 Å². The van der Waals surface area contributed by atoms with Crippen LogP contribution in [0.3, 0.4) is 0 Å². The number of nitrogens with one attached hydrogen (secondary N) is 1. The summed E-state index contributed by atoms with van der Waals surface area (Å²) in [4.78, 5) is 5.38. The Bertz CT molecular complexity index is 586. The quantitative estimate of drug-likeness (QED) is 0.887. The highest BCUT2D eigenvalue weighted by molar-refractivity contribution is 7.15. The molecule has 6 heteroatoms. The third-order valence-corrected chi connectivity index (χ3v) is 3.76. The molecule has 1 aromatic carbocycles. The number of fused-ring (bicyclic) bond motifs is 1. The van der Waals surface area contributed by atoms with Crippen LogP contribution in [0.2, 0.25) is 0 Å². The number of rotatable bonds is 6. The smallest absolute Gasteiger partial charge is 0.231 e. The van der Waals surface area contributed by atoms with Crippen LogP contribution in [0.1, 0.15) is 17.4 Å². The number of anilines is 1. The third-order valence-electron chi connectivity index (χ3n) is 2.83. The number of hydrogen-bond donors (Lipinski definition) is 1. The molecule has 0 spiro atoms. The van der Waals surface area contributed by atoms with E-state index in [0.29, 0.717) is 20.0 Å². The van der Waals surface area contributed by atoms with Crippen molar-refractivity contribution in [3.8, 4) is 11.5 Å². The van der Waals surface area contributed by atoms with Gasteiger partial charge < -0.3 is 19.5 Å². The van der Waals surface area contributed by atoms with E-state index in [0.717, 1.165) is 33.6 Å². The predicted molar refractivity (Wildman–Crippen MR) is 77.3 cm³/mol. The first-order valence-electron chi connectivity index (χ1n) is 6.50. The van der Waals surface area contributed by atoms with Crippen molar-refractivity contribution in [1.29, 1.82) is 0 Å². The molecule has 0 amide bonds. The zero-order chi connectivity index (χ0) is 13.8. The summed E-state index contributed by atoms with van der Waals surface area (Å²) in [5, 5.41) is 4.12. The van der Waals surface area contributed by atoms with Crippen LogP contribution in [0.25, 0.3) is 0 Å². The van der Waals surface area contributed by atoms with Crippen LogP contribution in [-0.4, -0.2) is 18.3 Å². The van der Waals surface area contributed by atoms with E-state index in [1.54, 1.807) is 11.3 Å². The monoisotopic (exact) mass is 292 g/mol. The van der Waals surface area contributed by atoms with Crippen molar-refractivity contribution < 1.29 is 14.2 Å². The first-order valence-corrected chi connectivity index (χ1v) is 7.31. The molecule has 0 saturated carbocycles. The summed E-state index contributed by atoms with van der Waals surface area (Å²) in [5.41, 5.74) is 1.07. The predicted octanol–water partition coefficient (Wildman–Crippen LogP) is 3.02. The number of ether oxygens (including phenoxy) is 3. The van der Waals surface area contributed by atoms with Gasteiger partial charge in [0.1, 0.15) is 0 Å². The molecule has 1 aliphatic rings. The minimum absolute atomic E-state index is 0.299. The Labute approximate surface area is 121 Å². The average Bonchev–Trinajstić information content (AvgIpc) is 3.08. The van der Waals surface area contributed by atoms with Gasteiger partial charge in [0.05, 0.1) is 18.1 Å². The fourth-order valence-electron chi connectivity index (χ4n) is 1.91. The Morgan fingerprint density at radius 2 is 2.20 bits per heavy atom. The summed E-state index contributed by atoms with van der Waals surface area (Å²) in [6.07, 6.45) is 1.85. The third kappa shape index (κ3) is 3.02. The van der Waals surface area contributed by atoms with Crippen molar-refractivity contribution in [1.82, 2.24) is 4.98 Å².